The van der Waals surface area contributed by atoms with Crippen LogP contribution in [0.2, 0.25) is 0 Å². The van der Waals surface area contributed by atoms with E-state index in [4.69, 9.17) is 9.47 Å². The Hall–Kier alpha value is -1.55. The van der Waals surface area contributed by atoms with Crippen molar-refractivity contribution in [2.75, 3.05) is 6.54 Å². The molecule has 1 aromatic carbocycles. The lowest BCUT2D eigenvalue weighted by Crippen LogP contribution is -2.32. The molecule has 2 heterocycles. The number of ether oxygens (including phenoxy) is 2. The SMILES string of the molecule is CCCCCCCCCCCCCC[C@H]1OC(C)(C)O[C@H]1[C@@H]1CN1S(=O)(=O)c1ccc([N+](=O)[O-])cc1. The van der Waals surface area contributed by atoms with Crippen LogP contribution in [0.1, 0.15) is 104 Å². The highest BCUT2D eigenvalue weighted by molar-refractivity contribution is 7.89. The molecule has 0 aromatic heterocycles. The molecule has 0 spiro atoms. The molecule has 0 amide bonds. The van der Waals surface area contributed by atoms with E-state index in [9.17, 15) is 18.5 Å². The fraction of sp³-hybridized carbons (Fsp3) is 0.778. The number of nitrogens with zero attached hydrogens (tertiary/aromatic N) is 2. The standard InChI is InChI=1S/C27H44N2O6S/c1-4-5-6-7-8-9-10-11-12-13-14-15-16-25-26(35-27(2,3)34-25)24-21-28(24)36(32,33)23-19-17-22(18-20-23)29(30)31/h17-20,24-26H,4-16,21H2,1-3H3/t24-,25+,26-,28?/m0/s1. The van der Waals surface area contributed by atoms with Gasteiger partial charge in [0.1, 0.15) is 6.10 Å². The molecule has 204 valence electrons. The van der Waals surface area contributed by atoms with Crippen molar-refractivity contribution in [1.29, 1.82) is 0 Å². The summed E-state index contributed by atoms with van der Waals surface area (Å²) in [5.41, 5.74) is -0.131. The van der Waals surface area contributed by atoms with Crippen LogP contribution in [-0.2, 0) is 19.5 Å². The molecule has 1 unspecified atom stereocenters. The third-order valence-corrected chi connectivity index (χ3v) is 9.11. The normalized spacial score (nSPS) is 25.2. The van der Waals surface area contributed by atoms with Gasteiger partial charge in [-0.1, -0.05) is 84.0 Å². The second-order valence-corrected chi connectivity index (χ2v) is 12.6. The largest absolute Gasteiger partial charge is 0.345 e. The van der Waals surface area contributed by atoms with Crippen LogP contribution in [0.15, 0.2) is 29.2 Å². The first kappa shape index (κ1) is 29.0. The van der Waals surface area contributed by atoms with E-state index in [0.717, 1.165) is 19.3 Å². The maximum absolute atomic E-state index is 13.0. The van der Waals surface area contributed by atoms with Crippen LogP contribution in [0.5, 0.6) is 0 Å². The number of sulfonamides is 1. The molecule has 1 aromatic rings. The van der Waals surface area contributed by atoms with Gasteiger partial charge in [-0.3, -0.25) is 10.1 Å². The van der Waals surface area contributed by atoms with Crippen molar-refractivity contribution in [1.82, 2.24) is 4.31 Å². The van der Waals surface area contributed by atoms with Crippen LogP contribution in [-0.4, -0.2) is 48.2 Å². The fourth-order valence-electron chi connectivity index (χ4n) is 5.16. The van der Waals surface area contributed by atoms with Gasteiger partial charge in [-0.15, -0.1) is 0 Å². The molecular weight excluding hydrogens is 480 g/mol. The van der Waals surface area contributed by atoms with Gasteiger partial charge in [0.05, 0.1) is 22.0 Å². The molecule has 8 nitrogen and oxygen atoms in total. The van der Waals surface area contributed by atoms with Crippen LogP contribution in [0.4, 0.5) is 5.69 Å². The Morgan fingerprint density at radius 1 is 0.917 bits per heavy atom. The molecule has 36 heavy (non-hydrogen) atoms. The van der Waals surface area contributed by atoms with Gasteiger partial charge in [0.2, 0.25) is 10.0 Å². The number of rotatable bonds is 17. The van der Waals surface area contributed by atoms with E-state index in [1.165, 1.54) is 92.8 Å². The second kappa shape index (κ2) is 13.3. The molecule has 0 radical (unpaired) electrons. The van der Waals surface area contributed by atoms with E-state index >= 15 is 0 Å². The number of nitro groups is 1. The predicted molar refractivity (Wildman–Crippen MR) is 140 cm³/mol. The van der Waals surface area contributed by atoms with Gasteiger partial charge < -0.3 is 9.47 Å². The summed E-state index contributed by atoms with van der Waals surface area (Å²) < 4.78 is 39.8. The van der Waals surface area contributed by atoms with Crippen LogP contribution in [0.25, 0.3) is 0 Å². The summed E-state index contributed by atoms with van der Waals surface area (Å²) in [5.74, 6) is -0.738. The molecule has 2 saturated heterocycles. The lowest BCUT2D eigenvalue weighted by Gasteiger charge is -2.17. The highest BCUT2D eigenvalue weighted by Crippen LogP contribution is 2.41. The van der Waals surface area contributed by atoms with Gasteiger partial charge in [-0.25, -0.2) is 8.42 Å². The van der Waals surface area contributed by atoms with Gasteiger partial charge in [-0.2, -0.15) is 4.31 Å². The van der Waals surface area contributed by atoms with E-state index in [1.54, 1.807) is 0 Å². The summed E-state index contributed by atoms with van der Waals surface area (Å²) in [7, 11) is -3.73. The monoisotopic (exact) mass is 524 g/mol. The minimum Gasteiger partial charge on any atom is -0.345 e. The highest BCUT2D eigenvalue weighted by atomic mass is 32.2. The zero-order chi connectivity index (χ0) is 26.2. The molecule has 0 aliphatic carbocycles. The minimum atomic E-state index is -3.73. The zero-order valence-corrected chi connectivity index (χ0v) is 23.0. The van der Waals surface area contributed by atoms with Gasteiger partial charge in [0, 0.05) is 18.7 Å². The fourth-order valence-corrected chi connectivity index (χ4v) is 6.73. The van der Waals surface area contributed by atoms with Crippen LogP contribution in [0, 0.1) is 10.1 Å². The molecule has 0 N–H and O–H groups in total. The van der Waals surface area contributed by atoms with Gasteiger partial charge in [-0.05, 0) is 32.4 Å². The number of nitro benzene ring substituents is 1. The number of non-ortho nitro benzene ring substituents is 1. The molecule has 4 atom stereocenters. The van der Waals surface area contributed by atoms with Crippen molar-refractivity contribution >= 4 is 15.7 Å². The summed E-state index contributed by atoms with van der Waals surface area (Å²) in [5, 5.41) is 10.9. The molecular formula is C27H44N2O6S. The Balaban J connectivity index is 1.40. The Morgan fingerprint density at radius 2 is 1.44 bits per heavy atom. The second-order valence-electron chi connectivity index (χ2n) is 10.7. The van der Waals surface area contributed by atoms with E-state index in [-0.39, 0.29) is 28.8 Å². The van der Waals surface area contributed by atoms with Crippen molar-refractivity contribution in [3.05, 3.63) is 34.4 Å². The van der Waals surface area contributed by atoms with Crippen molar-refractivity contribution in [3.63, 3.8) is 0 Å². The Bertz CT molecular complexity index is 934. The topological polar surface area (TPSA) is 98.8 Å². The van der Waals surface area contributed by atoms with Crippen molar-refractivity contribution in [3.8, 4) is 0 Å². The third kappa shape index (κ3) is 8.23. The Kier molecular flexibility index (Phi) is 10.7. The van der Waals surface area contributed by atoms with E-state index in [2.05, 4.69) is 6.92 Å². The van der Waals surface area contributed by atoms with Crippen molar-refractivity contribution < 1.29 is 22.8 Å². The molecule has 9 heteroatoms. The first-order valence-electron chi connectivity index (χ1n) is 13.8. The van der Waals surface area contributed by atoms with Gasteiger partial charge in [0.25, 0.3) is 5.69 Å². The average Bonchev–Trinajstić information content (AvgIpc) is 3.58. The third-order valence-electron chi connectivity index (χ3n) is 7.20. The number of benzene rings is 1. The quantitative estimate of drug-likeness (QED) is 0.0988. The molecule has 0 saturated carbocycles. The summed E-state index contributed by atoms with van der Waals surface area (Å²) in [6.45, 7) is 6.38. The number of hydrogen-bond donors (Lipinski definition) is 0. The summed E-state index contributed by atoms with van der Waals surface area (Å²) in [6.07, 6.45) is 15.9. The average molecular weight is 525 g/mol. The Morgan fingerprint density at radius 3 is 1.97 bits per heavy atom. The molecule has 2 aliphatic heterocycles. The number of hydrogen-bond acceptors (Lipinski definition) is 6. The zero-order valence-electron chi connectivity index (χ0n) is 22.2. The van der Waals surface area contributed by atoms with Crippen LogP contribution in [0.3, 0.4) is 0 Å². The molecule has 2 aliphatic rings. The van der Waals surface area contributed by atoms with Gasteiger partial charge in [0.15, 0.2) is 5.79 Å². The minimum absolute atomic E-state index is 0.0614. The summed E-state index contributed by atoms with van der Waals surface area (Å²) >= 11 is 0. The first-order valence-corrected chi connectivity index (χ1v) is 15.2. The Labute approximate surface area is 216 Å². The maximum atomic E-state index is 13.0. The van der Waals surface area contributed by atoms with Crippen molar-refractivity contribution in [2.24, 2.45) is 0 Å². The number of unbranched alkanes of at least 4 members (excludes halogenated alkanes) is 11. The molecule has 3 rings (SSSR count). The van der Waals surface area contributed by atoms with Gasteiger partial charge >= 0.3 is 0 Å². The van der Waals surface area contributed by atoms with Crippen LogP contribution >= 0.6 is 0 Å². The predicted octanol–water partition coefficient (Wildman–Crippen LogP) is 6.58. The summed E-state index contributed by atoms with van der Waals surface area (Å²) in [4.78, 5) is 10.4. The first-order chi connectivity index (χ1) is 17.2. The highest BCUT2D eigenvalue weighted by Gasteiger charge is 2.56. The lowest BCUT2D eigenvalue weighted by molar-refractivity contribution is -0.384. The lowest BCUT2D eigenvalue weighted by atomic mass is 10.0. The molecule has 2 fully saturated rings. The van der Waals surface area contributed by atoms with E-state index in [1.807, 2.05) is 13.8 Å². The van der Waals surface area contributed by atoms with E-state index < -0.39 is 20.7 Å². The smallest absolute Gasteiger partial charge is 0.269 e. The summed E-state index contributed by atoms with van der Waals surface area (Å²) in [6, 6.07) is 4.76. The van der Waals surface area contributed by atoms with Crippen LogP contribution < -0.4 is 0 Å². The maximum Gasteiger partial charge on any atom is 0.269 e. The molecule has 0 bridgehead atoms. The van der Waals surface area contributed by atoms with E-state index in [0.29, 0.717) is 6.54 Å². The van der Waals surface area contributed by atoms with Crippen molar-refractivity contribution in [2.45, 2.75) is 133 Å².